The van der Waals surface area contributed by atoms with Crippen molar-refractivity contribution in [3.8, 4) is 0 Å². The summed E-state index contributed by atoms with van der Waals surface area (Å²) in [5, 5.41) is 0. The maximum Gasteiger partial charge on any atom is 0.0351 e. The predicted octanol–water partition coefficient (Wildman–Crippen LogP) is 3.65. The Bertz CT molecular complexity index is 304. The van der Waals surface area contributed by atoms with Crippen LogP contribution in [0.4, 0.5) is 0 Å². The summed E-state index contributed by atoms with van der Waals surface area (Å²) in [5.41, 5.74) is 1.37. The van der Waals surface area contributed by atoms with Gasteiger partial charge >= 0.3 is 0 Å². The summed E-state index contributed by atoms with van der Waals surface area (Å²) < 4.78 is 0. The summed E-state index contributed by atoms with van der Waals surface area (Å²) in [7, 11) is 0. The van der Waals surface area contributed by atoms with Gasteiger partial charge in [0.15, 0.2) is 0 Å². The minimum absolute atomic E-state index is 0.725. The van der Waals surface area contributed by atoms with Crippen LogP contribution in [0.25, 0.3) is 0 Å². The lowest BCUT2D eigenvalue weighted by atomic mass is 10.2. The van der Waals surface area contributed by atoms with E-state index in [1.807, 2.05) is 11.8 Å². The van der Waals surface area contributed by atoms with E-state index in [0.717, 1.165) is 31.3 Å². The second-order valence-electron chi connectivity index (χ2n) is 3.74. The fourth-order valence-corrected chi connectivity index (χ4v) is 2.83. The molecule has 0 amide bonds. The van der Waals surface area contributed by atoms with Gasteiger partial charge < -0.3 is 4.90 Å². The number of hydrogen-bond acceptors (Lipinski definition) is 2. The van der Waals surface area contributed by atoms with Gasteiger partial charge in [-0.15, -0.1) is 23.4 Å². The smallest absolute Gasteiger partial charge is 0.0351 e. The molecule has 0 radical (unpaired) electrons. The zero-order chi connectivity index (χ0) is 11.8. The van der Waals surface area contributed by atoms with Crippen molar-refractivity contribution in [2.24, 2.45) is 0 Å². The van der Waals surface area contributed by atoms with E-state index in [0.29, 0.717) is 0 Å². The van der Waals surface area contributed by atoms with Gasteiger partial charge in [-0.2, -0.15) is 0 Å². The van der Waals surface area contributed by atoms with Crippen molar-refractivity contribution >= 4 is 23.4 Å². The van der Waals surface area contributed by atoms with E-state index in [2.05, 4.69) is 43.0 Å². The van der Waals surface area contributed by atoms with Gasteiger partial charge in [0.05, 0.1) is 0 Å². The summed E-state index contributed by atoms with van der Waals surface area (Å²) in [5.74, 6) is 1.86. The number of rotatable bonds is 7. The summed E-state index contributed by atoms with van der Waals surface area (Å²) in [4.78, 5) is 3.78. The van der Waals surface area contributed by atoms with Crippen molar-refractivity contribution in [2.45, 2.75) is 18.7 Å². The third-order valence-electron chi connectivity index (χ3n) is 2.61. The molecule has 0 saturated heterocycles. The van der Waals surface area contributed by atoms with Crippen LogP contribution in [0.15, 0.2) is 29.2 Å². The lowest BCUT2D eigenvalue weighted by Crippen LogP contribution is -2.27. The van der Waals surface area contributed by atoms with Crippen LogP contribution in [0, 0.1) is 6.92 Å². The molecule has 0 bridgehead atoms. The van der Waals surface area contributed by atoms with E-state index < -0.39 is 0 Å². The molecule has 0 spiro atoms. The molecule has 0 heterocycles. The molecule has 0 aromatic heterocycles. The molecule has 0 N–H and O–H groups in total. The van der Waals surface area contributed by atoms with E-state index in [1.165, 1.54) is 10.5 Å². The van der Waals surface area contributed by atoms with Crippen molar-refractivity contribution < 1.29 is 0 Å². The first-order chi connectivity index (χ1) is 7.77. The number of halogens is 1. The number of nitrogens with zero attached hydrogens (tertiary/aromatic N) is 1. The Morgan fingerprint density at radius 3 is 2.62 bits per heavy atom. The second kappa shape index (κ2) is 7.99. The lowest BCUT2D eigenvalue weighted by molar-refractivity contribution is 0.325. The van der Waals surface area contributed by atoms with Gasteiger partial charge in [0.25, 0.3) is 0 Å². The summed E-state index contributed by atoms with van der Waals surface area (Å²) in [6.45, 7) is 7.54. The molecule has 1 aromatic rings. The number of alkyl halides is 1. The first kappa shape index (κ1) is 13.9. The standard InChI is InChI=1S/C13H20ClNS/c1-3-15(9-8-14)10-11-16-13-7-5-4-6-12(13)2/h4-7H,3,8-11H2,1-2H3. The van der Waals surface area contributed by atoms with Gasteiger partial charge in [-0.1, -0.05) is 25.1 Å². The molecular weight excluding hydrogens is 238 g/mol. The molecule has 0 aliphatic heterocycles. The number of thioether (sulfide) groups is 1. The Morgan fingerprint density at radius 1 is 1.25 bits per heavy atom. The zero-order valence-corrected chi connectivity index (χ0v) is 11.7. The van der Waals surface area contributed by atoms with Crippen LogP contribution in [-0.4, -0.2) is 36.2 Å². The fourth-order valence-electron chi connectivity index (χ4n) is 1.55. The number of benzene rings is 1. The van der Waals surface area contributed by atoms with Crippen LogP contribution in [-0.2, 0) is 0 Å². The molecule has 1 rings (SSSR count). The highest BCUT2D eigenvalue weighted by atomic mass is 35.5. The minimum Gasteiger partial charge on any atom is -0.302 e. The van der Waals surface area contributed by atoms with Gasteiger partial charge in [-0.3, -0.25) is 0 Å². The highest BCUT2D eigenvalue weighted by molar-refractivity contribution is 7.99. The SMILES string of the molecule is CCN(CCCl)CCSc1ccccc1C. The first-order valence-corrected chi connectivity index (χ1v) is 7.26. The summed E-state index contributed by atoms with van der Waals surface area (Å²) in [6, 6.07) is 8.55. The maximum absolute atomic E-state index is 5.75. The van der Waals surface area contributed by atoms with E-state index in [-0.39, 0.29) is 0 Å². The van der Waals surface area contributed by atoms with Gasteiger partial charge in [-0.05, 0) is 25.1 Å². The minimum atomic E-state index is 0.725. The van der Waals surface area contributed by atoms with E-state index in [4.69, 9.17) is 11.6 Å². The molecular formula is C13H20ClNS. The van der Waals surface area contributed by atoms with Crippen LogP contribution in [0.2, 0.25) is 0 Å². The fraction of sp³-hybridized carbons (Fsp3) is 0.538. The maximum atomic E-state index is 5.75. The normalized spacial score (nSPS) is 11.0. The van der Waals surface area contributed by atoms with Crippen molar-refractivity contribution in [1.82, 2.24) is 4.90 Å². The van der Waals surface area contributed by atoms with E-state index in [1.54, 1.807) is 0 Å². The Kier molecular flexibility index (Phi) is 6.93. The van der Waals surface area contributed by atoms with Crippen molar-refractivity contribution in [3.05, 3.63) is 29.8 Å². The summed E-state index contributed by atoms with van der Waals surface area (Å²) >= 11 is 7.68. The van der Waals surface area contributed by atoms with Gasteiger partial charge in [0, 0.05) is 29.6 Å². The average Bonchev–Trinajstić information content (AvgIpc) is 2.30. The predicted molar refractivity (Wildman–Crippen MR) is 74.7 cm³/mol. The van der Waals surface area contributed by atoms with Crippen molar-refractivity contribution in [2.75, 3.05) is 31.3 Å². The topological polar surface area (TPSA) is 3.24 Å². The van der Waals surface area contributed by atoms with Gasteiger partial charge in [0.1, 0.15) is 0 Å². The third-order valence-corrected chi connectivity index (χ3v) is 3.93. The Balaban J connectivity index is 2.32. The highest BCUT2D eigenvalue weighted by Crippen LogP contribution is 2.21. The van der Waals surface area contributed by atoms with Crippen LogP contribution in [0.5, 0.6) is 0 Å². The molecule has 0 unspecified atom stereocenters. The van der Waals surface area contributed by atoms with Gasteiger partial charge in [0.2, 0.25) is 0 Å². The zero-order valence-electron chi connectivity index (χ0n) is 10.1. The quantitative estimate of drug-likeness (QED) is 0.542. The summed E-state index contributed by atoms with van der Waals surface area (Å²) in [6.07, 6.45) is 0. The van der Waals surface area contributed by atoms with Gasteiger partial charge in [-0.25, -0.2) is 0 Å². The average molecular weight is 258 g/mol. The second-order valence-corrected chi connectivity index (χ2v) is 5.25. The van der Waals surface area contributed by atoms with E-state index in [9.17, 15) is 0 Å². The lowest BCUT2D eigenvalue weighted by Gasteiger charge is -2.18. The monoisotopic (exact) mass is 257 g/mol. The van der Waals surface area contributed by atoms with Crippen molar-refractivity contribution in [1.29, 1.82) is 0 Å². The van der Waals surface area contributed by atoms with Crippen molar-refractivity contribution in [3.63, 3.8) is 0 Å². The highest BCUT2D eigenvalue weighted by Gasteiger charge is 2.02. The first-order valence-electron chi connectivity index (χ1n) is 5.74. The molecule has 1 aromatic carbocycles. The third kappa shape index (κ3) is 4.77. The molecule has 0 fully saturated rings. The Hall–Kier alpha value is -0.180. The molecule has 3 heteroatoms. The molecule has 0 aliphatic carbocycles. The van der Waals surface area contributed by atoms with E-state index >= 15 is 0 Å². The Labute approximate surface area is 108 Å². The number of hydrogen-bond donors (Lipinski definition) is 0. The van der Waals surface area contributed by atoms with Crippen LogP contribution >= 0.6 is 23.4 Å². The molecule has 16 heavy (non-hydrogen) atoms. The van der Waals surface area contributed by atoms with Crippen LogP contribution in [0.1, 0.15) is 12.5 Å². The molecule has 0 atom stereocenters. The largest absolute Gasteiger partial charge is 0.302 e. The number of aryl methyl sites for hydroxylation is 1. The Morgan fingerprint density at radius 2 is 2.00 bits per heavy atom. The molecule has 0 aliphatic rings. The van der Waals surface area contributed by atoms with Crippen LogP contribution in [0.3, 0.4) is 0 Å². The molecule has 90 valence electrons. The molecule has 1 nitrogen and oxygen atoms in total. The molecule has 0 saturated carbocycles. The van der Waals surface area contributed by atoms with Crippen LogP contribution < -0.4 is 0 Å².